The smallest absolute Gasteiger partial charge is 0.383 e. The number of rotatable bonds is 2. The molecule has 28 heavy (non-hydrogen) atoms. The van der Waals surface area contributed by atoms with E-state index in [1.54, 1.807) is 5.38 Å². The number of hydrogen-bond donors (Lipinski definition) is 2. The molecule has 1 amide bonds. The van der Waals surface area contributed by atoms with Crippen molar-refractivity contribution in [3.8, 4) is 11.8 Å². The Morgan fingerprint density at radius 1 is 1.21 bits per heavy atom. The first-order valence-electron chi connectivity index (χ1n) is 7.58. The van der Waals surface area contributed by atoms with Crippen LogP contribution < -0.4 is 11.1 Å². The van der Waals surface area contributed by atoms with Crippen molar-refractivity contribution in [3.05, 3.63) is 69.6 Å². The summed E-state index contributed by atoms with van der Waals surface area (Å²) < 4.78 is 52.0. The molecular formula is C18H10F4N4OS. The highest BCUT2D eigenvalue weighted by atomic mass is 32.1. The number of thiophene rings is 1. The third-order valence-electron chi connectivity index (χ3n) is 3.45. The molecule has 0 unspecified atom stereocenters. The van der Waals surface area contributed by atoms with Gasteiger partial charge in [-0.05, 0) is 24.3 Å². The van der Waals surface area contributed by atoms with Crippen LogP contribution in [-0.2, 0) is 6.18 Å². The van der Waals surface area contributed by atoms with Gasteiger partial charge in [-0.1, -0.05) is 11.8 Å². The Morgan fingerprint density at radius 3 is 2.71 bits per heavy atom. The van der Waals surface area contributed by atoms with Gasteiger partial charge in [0.2, 0.25) is 0 Å². The lowest BCUT2D eigenvalue weighted by Gasteiger charge is -2.10. The molecule has 0 aliphatic carbocycles. The molecule has 2 heterocycles. The molecule has 0 atom stereocenters. The highest BCUT2D eigenvalue weighted by Gasteiger charge is 2.31. The maximum Gasteiger partial charge on any atom is 0.416 e. The summed E-state index contributed by atoms with van der Waals surface area (Å²) in [7, 11) is 0. The summed E-state index contributed by atoms with van der Waals surface area (Å²) in [6.07, 6.45) is -1.94. The van der Waals surface area contributed by atoms with Gasteiger partial charge in [-0.15, -0.1) is 11.3 Å². The monoisotopic (exact) mass is 406 g/mol. The molecule has 10 heteroatoms. The van der Waals surface area contributed by atoms with Crippen LogP contribution in [0.4, 0.5) is 29.1 Å². The quantitative estimate of drug-likeness (QED) is 0.499. The maximum absolute atomic E-state index is 13.8. The summed E-state index contributed by atoms with van der Waals surface area (Å²) in [5.41, 5.74) is 4.91. The lowest BCUT2D eigenvalue weighted by atomic mass is 10.2. The molecule has 3 rings (SSSR count). The second-order valence-electron chi connectivity index (χ2n) is 5.42. The predicted molar refractivity (Wildman–Crippen MR) is 96.1 cm³/mol. The molecule has 3 N–H and O–H groups in total. The van der Waals surface area contributed by atoms with E-state index >= 15 is 0 Å². The first-order chi connectivity index (χ1) is 13.2. The fourth-order valence-electron chi connectivity index (χ4n) is 2.08. The maximum atomic E-state index is 13.8. The predicted octanol–water partition coefficient (Wildman–Crippen LogP) is 3.93. The number of halogens is 4. The van der Waals surface area contributed by atoms with Crippen molar-refractivity contribution in [1.82, 2.24) is 9.97 Å². The zero-order valence-corrected chi connectivity index (χ0v) is 14.7. The van der Waals surface area contributed by atoms with Crippen LogP contribution in [0.1, 0.15) is 26.4 Å². The minimum absolute atomic E-state index is 0.151. The molecule has 3 aromatic rings. The topological polar surface area (TPSA) is 80.9 Å². The van der Waals surface area contributed by atoms with Crippen LogP contribution in [0.5, 0.6) is 0 Å². The van der Waals surface area contributed by atoms with Gasteiger partial charge >= 0.3 is 6.18 Å². The average Bonchev–Trinajstić information content (AvgIpc) is 3.11. The molecule has 0 aliphatic heterocycles. The van der Waals surface area contributed by atoms with E-state index in [0.717, 1.165) is 11.3 Å². The molecule has 0 bridgehead atoms. The number of carbonyl (C=O) groups excluding carboxylic acids is 1. The van der Waals surface area contributed by atoms with Crippen LogP contribution in [0.25, 0.3) is 0 Å². The number of nitrogens with one attached hydrogen (secondary N) is 1. The number of nitrogen functional groups attached to an aromatic ring is 1. The minimum atomic E-state index is -4.65. The van der Waals surface area contributed by atoms with Crippen molar-refractivity contribution in [2.75, 3.05) is 11.1 Å². The zero-order chi connectivity index (χ0) is 20.3. The third kappa shape index (κ3) is 4.44. The van der Waals surface area contributed by atoms with E-state index < -0.39 is 29.2 Å². The lowest BCUT2D eigenvalue weighted by molar-refractivity contribution is -0.137. The Bertz CT molecular complexity index is 1100. The van der Waals surface area contributed by atoms with E-state index in [9.17, 15) is 22.4 Å². The largest absolute Gasteiger partial charge is 0.416 e. The number of anilines is 2. The Labute approximate surface area is 160 Å². The minimum Gasteiger partial charge on any atom is -0.383 e. The third-order valence-corrected chi connectivity index (χ3v) is 4.38. The standard InChI is InChI=1S/C18H10F4N4OS/c19-13-4-3-12(18(20,21)22)6-14(13)26-17(27)15-5-10(8-28-15)1-2-11-7-24-9-25-16(11)23/h3-9H,(H,26,27)(H2,23,24,25). The van der Waals surface area contributed by atoms with Crippen molar-refractivity contribution >= 4 is 28.7 Å². The Balaban J connectivity index is 1.78. The van der Waals surface area contributed by atoms with Gasteiger partial charge in [0, 0.05) is 17.1 Å². The molecule has 0 fully saturated rings. The fourth-order valence-corrected chi connectivity index (χ4v) is 2.81. The van der Waals surface area contributed by atoms with E-state index in [0.29, 0.717) is 29.3 Å². The number of hydrogen-bond acceptors (Lipinski definition) is 5. The van der Waals surface area contributed by atoms with Crippen LogP contribution >= 0.6 is 11.3 Å². The summed E-state index contributed by atoms with van der Waals surface area (Å²) in [6.45, 7) is 0. The summed E-state index contributed by atoms with van der Waals surface area (Å²) in [4.78, 5) is 20.0. The Morgan fingerprint density at radius 2 is 2.00 bits per heavy atom. The van der Waals surface area contributed by atoms with Crippen molar-refractivity contribution in [1.29, 1.82) is 0 Å². The highest BCUT2D eigenvalue weighted by molar-refractivity contribution is 7.12. The number of nitrogens with zero attached hydrogens (tertiary/aromatic N) is 2. The van der Waals surface area contributed by atoms with Crippen molar-refractivity contribution in [2.24, 2.45) is 0 Å². The summed E-state index contributed by atoms with van der Waals surface area (Å²) in [5, 5.41) is 3.72. The van der Waals surface area contributed by atoms with Crippen LogP contribution in [-0.4, -0.2) is 15.9 Å². The molecule has 0 saturated carbocycles. The van der Waals surface area contributed by atoms with Gasteiger partial charge in [0.25, 0.3) is 5.91 Å². The summed E-state index contributed by atoms with van der Waals surface area (Å²) in [6, 6.07) is 3.22. The number of alkyl halides is 3. The molecule has 0 saturated heterocycles. The van der Waals surface area contributed by atoms with E-state index in [4.69, 9.17) is 5.73 Å². The van der Waals surface area contributed by atoms with Crippen LogP contribution in [0.3, 0.4) is 0 Å². The number of aromatic nitrogens is 2. The fraction of sp³-hybridized carbons (Fsp3) is 0.0556. The van der Waals surface area contributed by atoms with Gasteiger partial charge in [-0.3, -0.25) is 4.79 Å². The molecule has 0 spiro atoms. The molecule has 0 radical (unpaired) electrons. The van der Waals surface area contributed by atoms with Gasteiger partial charge in [-0.25, -0.2) is 14.4 Å². The molecule has 2 aromatic heterocycles. The number of nitrogens with two attached hydrogens (primary N) is 1. The highest BCUT2D eigenvalue weighted by Crippen LogP contribution is 2.32. The second-order valence-corrected chi connectivity index (χ2v) is 6.33. The van der Waals surface area contributed by atoms with E-state index in [1.165, 1.54) is 18.6 Å². The SMILES string of the molecule is Nc1ncncc1C#Cc1csc(C(=O)Nc2cc(C(F)(F)F)ccc2F)c1. The first-order valence-corrected chi connectivity index (χ1v) is 8.46. The summed E-state index contributed by atoms with van der Waals surface area (Å²) >= 11 is 1.01. The second kappa shape index (κ2) is 7.66. The van der Waals surface area contributed by atoms with Crippen molar-refractivity contribution in [3.63, 3.8) is 0 Å². The molecule has 142 valence electrons. The van der Waals surface area contributed by atoms with Crippen molar-refractivity contribution in [2.45, 2.75) is 6.18 Å². The molecule has 0 aliphatic rings. The zero-order valence-electron chi connectivity index (χ0n) is 13.8. The van der Waals surface area contributed by atoms with Gasteiger partial charge in [0.05, 0.1) is 21.7 Å². The normalized spacial score (nSPS) is 10.9. The van der Waals surface area contributed by atoms with E-state index in [-0.39, 0.29) is 10.7 Å². The van der Waals surface area contributed by atoms with Crippen LogP contribution in [0.15, 0.2) is 42.2 Å². The van der Waals surface area contributed by atoms with Gasteiger partial charge in [0.1, 0.15) is 18.0 Å². The molecular weight excluding hydrogens is 396 g/mol. The number of benzene rings is 1. The van der Waals surface area contributed by atoms with Gasteiger partial charge in [0.15, 0.2) is 0 Å². The van der Waals surface area contributed by atoms with E-state index in [2.05, 4.69) is 27.1 Å². The van der Waals surface area contributed by atoms with Gasteiger partial charge in [-0.2, -0.15) is 13.2 Å². The summed E-state index contributed by atoms with van der Waals surface area (Å²) in [5.74, 6) is 4.01. The lowest BCUT2D eigenvalue weighted by Crippen LogP contribution is -2.13. The number of amides is 1. The molecule has 5 nitrogen and oxygen atoms in total. The van der Waals surface area contributed by atoms with E-state index in [1.807, 2.05) is 0 Å². The molecule has 1 aromatic carbocycles. The number of carbonyl (C=O) groups is 1. The first kappa shape index (κ1) is 19.3. The van der Waals surface area contributed by atoms with Crippen molar-refractivity contribution < 1.29 is 22.4 Å². The van der Waals surface area contributed by atoms with Crippen LogP contribution in [0, 0.1) is 17.7 Å². The Hall–Kier alpha value is -3.45. The van der Waals surface area contributed by atoms with Crippen LogP contribution in [0.2, 0.25) is 0 Å². The average molecular weight is 406 g/mol. The van der Waals surface area contributed by atoms with Gasteiger partial charge < -0.3 is 11.1 Å². The Kier molecular flexibility index (Phi) is 5.28.